The van der Waals surface area contributed by atoms with Gasteiger partial charge in [0, 0.05) is 12.7 Å². The quantitative estimate of drug-likeness (QED) is 0.673. The van der Waals surface area contributed by atoms with Gasteiger partial charge in [-0.3, -0.25) is 4.90 Å². The van der Waals surface area contributed by atoms with Gasteiger partial charge in [0.05, 0.1) is 5.69 Å². The predicted octanol–water partition coefficient (Wildman–Crippen LogP) is 1.32. The topological polar surface area (TPSA) is 29.0 Å². The molecule has 0 aliphatic rings. The predicted molar refractivity (Wildman–Crippen MR) is 48.7 cm³/mol. The summed E-state index contributed by atoms with van der Waals surface area (Å²) in [6.07, 6.45) is 1.70. The van der Waals surface area contributed by atoms with Crippen molar-refractivity contribution in [1.29, 1.82) is 0 Å². The smallest absolute Gasteiger partial charge is 0.0771 e. The Morgan fingerprint density at radius 1 is 1.33 bits per heavy atom. The number of hydrogen-bond donors (Lipinski definition) is 0. The minimum absolute atomic E-state index is 0.904. The lowest BCUT2D eigenvalue weighted by Gasteiger charge is -2.16. The molecule has 0 aliphatic carbocycles. The lowest BCUT2D eigenvalue weighted by Crippen LogP contribution is -2.22. The normalized spacial score (nSPS) is 10.6. The van der Waals surface area contributed by atoms with Gasteiger partial charge in [-0.2, -0.15) is 10.2 Å². The second kappa shape index (κ2) is 4.83. The highest BCUT2D eigenvalue weighted by Gasteiger charge is 2.00. The van der Waals surface area contributed by atoms with Gasteiger partial charge in [-0.1, -0.05) is 13.8 Å². The zero-order chi connectivity index (χ0) is 8.81. The van der Waals surface area contributed by atoms with Crippen LogP contribution < -0.4 is 0 Å². The monoisotopic (exact) mass is 165 g/mol. The van der Waals surface area contributed by atoms with E-state index >= 15 is 0 Å². The summed E-state index contributed by atoms with van der Waals surface area (Å²) in [5.41, 5.74) is 1.04. The summed E-state index contributed by atoms with van der Waals surface area (Å²) in [4.78, 5) is 2.31. The van der Waals surface area contributed by atoms with E-state index in [9.17, 15) is 0 Å². The fourth-order valence-corrected chi connectivity index (χ4v) is 1.09. The van der Waals surface area contributed by atoms with Crippen molar-refractivity contribution in [3.05, 3.63) is 24.0 Å². The molecule has 0 aliphatic heterocycles. The van der Waals surface area contributed by atoms with Gasteiger partial charge in [-0.05, 0) is 25.2 Å². The number of hydrogen-bond acceptors (Lipinski definition) is 3. The van der Waals surface area contributed by atoms with E-state index in [0.717, 1.165) is 25.3 Å². The Hall–Kier alpha value is -0.960. The summed E-state index contributed by atoms with van der Waals surface area (Å²) in [5.74, 6) is 0. The highest BCUT2D eigenvalue weighted by atomic mass is 15.2. The Bertz CT molecular complexity index is 206. The van der Waals surface area contributed by atoms with Crippen molar-refractivity contribution in [2.45, 2.75) is 20.4 Å². The highest BCUT2D eigenvalue weighted by Crippen LogP contribution is 1.98. The average molecular weight is 165 g/mol. The molecule has 66 valence electrons. The molecule has 0 unspecified atom stereocenters. The molecule has 0 bridgehead atoms. The summed E-state index contributed by atoms with van der Waals surface area (Å²) in [6.45, 7) is 7.33. The van der Waals surface area contributed by atoms with Crippen LogP contribution in [0.15, 0.2) is 18.3 Å². The molecular weight excluding hydrogens is 150 g/mol. The summed E-state index contributed by atoms with van der Waals surface area (Å²) in [6, 6.07) is 3.93. The molecule has 0 spiro atoms. The van der Waals surface area contributed by atoms with Crippen molar-refractivity contribution in [2.24, 2.45) is 0 Å². The number of aromatic nitrogens is 2. The van der Waals surface area contributed by atoms with Gasteiger partial charge in [0.2, 0.25) is 0 Å². The second-order valence-corrected chi connectivity index (χ2v) is 2.68. The van der Waals surface area contributed by atoms with Crippen LogP contribution in [0.25, 0.3) is 0 Å². The molecule has 0 N–H and O–H groups in total. The molecule has 3 nitrogen and oxygen atoms in total. The van der Waals surface area contributed by atoms with Crippen molar-refractivity contribution < 1.29 is 0 Å². The maximum absolute atomic E-state index is 4.02. The highest BCUT2D eigenvalue weighted by molar-refractivity contribution is 4.98. The summed E-state index contributed by atoms with van der Waals surface area (Å²) in [5, 5.41) is 7.85. The molecule has 0 atom stereocenters. The van der Waals surface area contributed by atoms with E-state index in [-0.39, 0.29) is 0 Å². The SMILES string of the molecule is CCN(CC)Cc1cccnn1. The summed E-state index contributed by atoms with van der Waals surface area (Å²) >= 11 is 0. The van der Waals surface area contributed by atoms with Crippen LogP contribution in [-0.4, -0.2) is 28.2 Å². The zero-order valence-corrected chi connectivity index (χ0v) is 7.70. The van der Waals surface area contributed by atoms with Gasteiger partial charge in [0.15, 0.2) is 0 Å². The molecule has 1 heterocycles. The van der Waals surface area contributed by atoms with Gasteiger partial charge in [-0.25, -0.2) is 0 Å². The van der Waals surface area contributed by atoms with Crippen LogP contribution in [0.2, 0.25) is 0 Å². The van der Waals surface area contributed by atoms with E-state index in [1.807, 2.05) is 12.1 Å². The molecule has 0 amide bonds. The maximum atomic E-state index is 4.02. The Balaban J connectivity index is 2.51. The molecule has 0 fully saturated rings. The molecular formula is C9H15N3. The average Bonchev–Trinajstić information content (AvgIpc) is 2.16. The minimum atomic E-state index is 0.904. The molecule has 0 saturated heterocycles. The maximum Gasteiger partial charge on any atom is 0.0771 e. The van der Waals surface area contributed by atoms with Crippen LogP contribution in [0, 0.1) is 0 Å². The van der Waals surface area contributed by atoms with Crippen LogP contribution in [0.5, 0.6) is 0 Å². The third-order valence-electron chi connectivity index (χ3n) is 1.91. The first kappa shape index (κ1) is 9.13. The fraction of sp³-hybridized carbons (Fsp3) is 0.556. The van der Waals surface area contributed by atoms with Crippen molar-refractivity contribution in [1.82, 2.24) is 15.1 Å². The van der Waals surface area contributed by atoms with Gasteiger partial charge < -0.3 is 0 Å². The standard InChI is InChI=1S/C9H15N3/c1-3-12(4-2)8-9-6-5-7-10-11-9/h5-7H,3-4,8H2,1-2H3. The Kier molecular flexibility index (Phi) is 3.67. The first-order valence-electron chi connectivity index (χ1n) is 4.35. The first-order chi connectivity index (χ1) is 5.86. The lowest BCUT2D eigenvalue weighted by atomic mass is 10.3. The minimum Gasteiger partial charge on any atom is -0.298 e. The molecule has 1 aromatic rings. The van der Waals surface area contributed by atoms with Gasteiger partial charge in [-0.15, -0.1) is 0 Å². The van der Waals surface area contributed by atoms with E-state index < -0.39 is 0 Å². The Morgan fingerprint density at radius 2 is 2.08 bits per heavy atom. The van der Waals surface area contributed by atoms with Gasteiger partial charge in [0.1, 0.15) is 0 Å². The molecule has 0 radical (unpaired) electrons. The van der Waals surface area contributed by atoms with Crippen molar-refractivity contribution in [3.8, 4) is 0 Å². The van der Waals surface area contributed by atoms with Crippen molar-refractivity contribution >= 4 is 0 Å². The fourth-order valence-electron chi connectivity index (χ4n) is 1.09. The Labute approximate surface area is 73.4 Å². The first-order valence-corrected chi connectivity index (χ1v) is 4.35. The largest absolute Gasteiger partial charge is 0.298 e. The van der Waals surface area contributed by atoms with E-state index in [1.165, 1.54) is 0 Å². The van der Waals surface area contributed by atoms with E-state index in [0.29, 0.717) is 0 Å². The molecule has 12 heavy (non-hydrogen) atoms. The third-order valence-corrected chi connectivity index (χ3v) is 1.91. The third kappa shape index (κ3) is 2.58. The van der Waals surface area contributed by atoms with Crippen LogP contribution in [0.1, 0.15) is 19.5 Å². The summed E-state index contributed by atoms with van der Waals surface area (Å²) in [7, 11) is 0. The van der Waals surface area contributed by atoms with Crippen LogP contribution in [-0.2, 0) is 6.54 Å². The zero-order valence-electron chi connectivity index (χ0n) is 7.70. The van der Waals surface area contributed by atoms with E-state index in [2.05, 4.69) is 28.9 Å². The van der Waals surface area contributed by atoms with E-state index in [4.69, 9.17) is 0 Å². The van der Waals surface area contributed by atoms with Crippen molar-refractivity contribution in [3.63, 3.8) is 0 Å². The summed E-state index contributed by atoms with van der Waals surface area (Å²) < 4.78 is 0. The van der Waals surface area contributed by atoms with Crippen LogP contribution in [0.3, 0.4) is 0 Å². The molecule has 1 aromatic heterocycles. The molecule has 1 rings (SSSR count). The van der Waals surface area contributed by atoms with Gasteiger partial charge in [0.25, 0.3) is 0 Å². The van der Waals surface area contributed by atoms with Crippen LogP contribution >= 0.6 is 0 Å². The number of rotatable bonds is 4. The number of nitrogens with zero attached hydrogens (tertiary/aromatic N) is 3. The molecule has 0 saturated carbocycles. The molecule has 0 aromatic carbocycles. The van der Waals surface area contributed by atoms with Gasteiger partial charge >= 0.3 is 0 Å². The van der Waals surface area contributed by atoms with Crippen LogP contribution in [0.4, 0.5) is 0 Å². The van der Waals surface area contributed by atoms with Crippen molar-refractivity contribution in [2.75, 3.05) is 13.1 Å². The lowest BCUT2D eigenvalue weighted by molar-refractivity contribution is 0.291. The Morgan fingerprint density at radius 3 is 2.58 bits per heavy atom. The molecule has 3 heteroatoms. The second-order valence-electron chi connectivity index (χ2n) is 2.68. The van der Waals surface area contributed by atoms with E-state index in [1.54, 1.807) is 6.20 Å².